The molecule has 0 aromatic carbocycles. The molecule has 1 aromatic heterocycles. The monoisotopic (exact) mass is 314 g/mol. The minimum Gasteiger partial charge on any atom is -0.342 e. The van der Waals surface area contributed by atoms with Crippen LogP contribution in [0.2, 0.25) is 0 Å². The summed E-state index contributed by atoms with van der Waals surface area (Å²) in [5.74, 6) is 4.01. The summed E-state index contributed by atoms with van der Waals surface area (Å²) < 4.78 is 1.94. The van der Waals surface area contributed by atoms with Gasteiger partial charge in [0.05, 0.1) is 0 Å². The number of aryl methyl sites for hydroxylation is 1. The Labute approximate surface area is 136 Å². The maximum atomic E-state index is 12.5. The predicted octanol–water partition coefficient (Wildman–Crippen LogP) is 1.88. The van der Waals surface area contributed by atoms with Gasteiger partial charge in [-0.25, -0.2) is 0 Å². The van der Waals surface area contributed by atoms with Gasteiger partial charge in [0.15, 0.2) is 5.66 Å². The fraction of sp³-hybridized carbons (Fsp3) is 0.688. The first-order valence-corrected chi connectivity index (χ1v) is 8.13. The van der Waals surface area contributed by atoms with Gasteiger partial charge in [0.2, 0.25) is 5.91 Å². The second kappa shape index (κ2) is 6.49. The van der Waals surface area contributed by atoms with Crippen LogP contribution in [0.3, 0.4) is 0 Å². The SMILES string of the molecule is C#CCCC1(CCC(=O)N2CCCC(c3nncn3C)C2)N=N1. The highest BCUT2D eigenvalue weighted by molar-refractivity contribution is 5.76. The lowest BCUT2D eigenvalue weighted by atomic mass is 9.96. The van der Waals surface area contributed by atoms with E-state index in [1.165, 1.54) is 0 Å². The molecule has 1 unspecified atom stereocenters. The Hall–Kier alpha value is -2.23. The summed E-state index contributed by atoms with van der Waals surface area (Å²) in [4.78, 5) is 14.5. The molecule has 3 heterocycles. The van der Waals surface area contributed by atoms with Crippen molar-refractivity contribution >= 4 is 5.91 Å². The third-order valence-electron chi connectivity index (χ3n) is 4.68. The van der Waals surface area contributed by atoms with E-state index in [4.69, 9.17) is 6.42 Å². The molecule has 1 fully saturated rings. The lowest BCUT2D eigenvalue weighted by Gasteiger charge is -2.32. The number of likely N-dealkylation sites (tertiary alicyclic amines) is 1. The van der Waals surface area contributed by atoms with Crippen LogP contribution in [0.5, 0.6) is 0 Å². The van der Waals surface area contributed by atoms with E-state index in [0.717, 1.165) is 38.2 Å². The van der Waals surface area contributed by atoms with Crippen LogP contribution in [0.1, 0.15) is 50.3 Å². The van der Waals surface area contributed by atoms with E-state index in [1.54, 1.807) is 6.33 Å². The number of hydrogen-bond acceptors (Lipinski definition) is 5. The summed E-state index contributed by atoms with van der Waals surface area (Å²) >= 11 is 0. The highest BCUT2D eigenvalue weighted by atomic mass is 16.2. The Balaban J connectivity index is 1.52. The van der Waals surface area contributed by atoms with Crippen LogP contribution in [-0.2, 0) is 11.8 Å². The first-order chi connectivity index (χ1) is 11.1. The zero-order valence-electron chi connectivity index (χ0n) is 13.5. The van der Waals surface area contributed by atoms with Crippen LogP contribution >= 0.6 is 0 Å². The average molecular weight is 314 g/mol. The molecule has 7 heteroatoms. The smallest absolute Gasteiger partial charge is 0.222 e. The van der Waals surface area contributed by atoms with Gasteiger partial charge in [-0.15, -0.1) is 22.5 Å². The molecule has 2 aliphatic rings. The molecule has 23 heavy (non-hydrogen) atoms. The summed E-state index contributed by atoms with van der Waals surface area (Å²) in [5, 5.41) is 16.3. The van der Waals surface area contributed by atoms with Crippen molar-refractivity contribution in [3.05, 3.63) is 12.2 Å². The molecule has 0 radical (unpaired) electrons. The van der Waals surface area contributed by atoms with Gasteiger partial charge in [0, 0.05) is 51.7 Å². The van der Waals surface area contributed by atoms with Gasteiger partial charge in [-0.3, -0.25) is 4.79 Å². The number of carbonyl (C=O) groups excluding carboxylic acids is 1. The molecule has 0 bridgehead atoms. The summed E-state index contributed by atoms with van der Waals surface area (Å²) in [7, 11) is 1.95. The third-order valence-corrected chi connectivity index (χ3v) is 4.68. The van der Waals surface area contributed by atoms with Crippen molar-refractivity contribution < 1.29 is 4.79 Å². The fourth-order valence-electron chi connectivity index (χ4n) is 3.21. The number of rotatable bonds is 6. The van der Waals surface area contributed by atoms with Gasteiger partial charge in [0.25, 0.3) is 0 Å². The summed E-state index contributed by atoms with van der Waals surface area (Å²) in [5.41, 5.74) is -0.374. The Morgan fingerprint density at radius 2 is 2.30 bits per heavy atom. The first-order valence-electron chi connectivity index (χ1n) is 8.13. The van der Waals surface area contributed by atoms with Gasteiger partial charge in [0.1, 0.15) is 12.2 Å². The van der Waals surface area contributed by atoms with Crippen LogP contribution in [0.15, 0.2) is 16.6 Å². The van der Waals surface area contributed by atoms with Crippen molar-refractivity contribution in [2.45, 2.75) is 50.1 Å². The lowest BCUT2D eigenvalue weighted by Crippen LogP contribution is -2.40. The highest BCUT2D eigenvalue weighted by Crippen LogP contribution is 2.38. The Morgan fingerprint density at radius 3 is 2.96 bits per heavy atom. The lowest BCUT2D eigenvalue weighted by molar-refractivity contribution is -0.132. The Kier molecular flexibility index (Phi) is 4.42. The number of aromatic nitrogens is 3. The Morgan fingerprint density at radius 1 is 1.48 bits per heavy atom. The summed E-state index contributed by atoms with van der Waals surface area (Å²) in [6.07, 6.45) is 11.6. The molecule has 7 nitrogen and oxygen atoms in total. The fourth-order valence-corrected chi connectivity index (χ4v) is 3.21. The molecular weight excluding hydrogens is 292 g/mol. The summed E-state index contributed by atoms with van der Waals surface area (Å²) in [6.45, 7) is 1.54. The third kappa shape index (κ3) is 3.58. The van der Waals surface area contributed by atoms with Crippen molar-refractivity contribution in [1.82, 2.24) is 19.7 Å². The standard InChI is InChI=1S/C16H22N6O/c1-3-4-8-16(19-20-16)9-7-14(23)22-10-5-6-13(11-22)15-18-17-12-21(15)2/h1,12-13H,4-11H2,2H3. The molecule has 0 aliphatic carbocycles. The topological polar surface area (TPSA) is 75.7 Å². The van der Waals surface area contributed by atoms with E-state index in [0.29, 0.717) is 19.3 Å². The van der Waals surface area contributed by atoms with Crippen LogP contribution in [0.25, 0.3) is 0 Å². The largest absolute Gasteiger partial charge is 0.342 e. The van der Waals surface area contributed by atoms with Crippen LogP contribution in [0.4, 0.5) is 0 Å². The minimum atomic E-state index is -0.374. The van der Waals surface area contributed by atoms with Gasteiger partial charge in [-0.2, -0.15) is 10.2 Å². The van der Waals surface area contributed by atoms with Crippen molar-refractivity contribution in [3.63, 3.8) is 0 Å². The van der Waals surface area contributed by atoms with Crippen LogP contribution < -0.4 is 0 Å². The number of terminal acetylenes is 1. The van der Waals surface area contributed by atoms with Crippen LogP contribution in [0, 0.1) is 12.3 Å². The van der Waals surface area contributed by atoms with E-state index in [-0.39, 0.29) is 17.5 Å². The molecule has 1 atom stereocenters. The van der Waals surface area contributed by atoms with E-state index >= 15 is 0 Å². The van der Waals surface area contributed by atoms with Crippen LogP contribution in [-0.4, -0.2) is 44.3 Å². The second-order valence-electron chi connectivity index (χ2n) is 6.37. The molecule has 1 saturated heterocycles. The van der Waals surface area contributed by atoms with E-state index < -0.39 is 0 Å². The van der Waals surface area contributed by atoms with E-state index in [9.17, 15) is 4.79 Å². The van der Waals surface area contributed by atoms with Gasteiger partial charge in [-0.05, 0) is 12.8 Å². The van der Waals surface area contributed by atoms with Crippen molar-refractivity contribution in [3.8, 4) is 12.3 Å². The maximum Gasteiger partial charge on any atom is 0.222 e. The number of nitrogens with zero attached hydrogens (tertiary/aromatic N) is 6. The normalized spacial score (nSPS) is 21.9. The highest BCUT2D eigenvalue weighted by Gasteiger charge is 2.40. The molecule has 0 saturated carbocycles. The number of amides is 1. The van der Waals surface area contributed by atoms with Crippen molar-refractivity contribution in [1.29, 1.82) is 0 Å². The molecule has 3 rings (SSSR count). The van der Waals surface area contributed by atoms with E-state index in [1.807, 2.05) is 16.5 Å². The zero-order valence-corrected chi connectivity index (χ0v) is 13.5. The molecule has 122 valence electrons. The van der Waals surface area contributed by atoms with Crippen molar-refractivity contribution in [2.24, 2.45) is 17.3 Å². The van der Waals surface area contributed by atoms with Gasteiger partial charge in [-0.1, -0.05) is 0 Å². The number of carbonyl (C=O) groups is 1. The predicted molar refractivity (Wildman–Crippen MR) is 84.4 cm³/mol. The van der Waals surface area contributed by atoms with Gasteiger partial charge < -0.3 is 9.47 Å². The molecule has 1 amide bonds. The molecule has 2 aliphatic heterocycles. The zero-order chi connectivity index (χ0) is 16.3. The van der Waals surface area contributed by atoms with E-state index in [2.05, 4.69) is 26.3 Å². The molecular formula is C16H22N6O. The second-order valence-corrected chi connectivity index (χ2v) is 6.37. The quantitative estimate of drug-likeness (QED) is 0.752. The maximum absolute atomic E-state index is 12.5. The molecule has 1 aromatic rings. The van der Waals surface area contributed by atoms with Crippen molar-refractivity contribution in [2.75, 3.05) is 13.1 Å². The number of hydrogen-bond donors (Lipinski definition) is 0. The molecule has 0 N–H and O–H groups in total. The molecule has 0 spiro atoms. The summed E-state index contributed by atoms with van der Waals surface area (Å²) in [6, 6.07) is 0. The first kappa shape index (κ1) is 15.7. The minimum absolute atomic E-state index is 0.175. The Bertz CT molecular complexity index is 637. The van der Waals surface area contributed by atoms with Gasteiger partial charge >= 0.3 is 0 Å². The average Bonchev–Trinajstić information content (AvgIpc) is 3.22. The number of piperidine rings is 1.